The molecule has 21 heavy (non-hydrogen) atoms. The maximum Gasteiger partial charge on any atom is 0.255 e. The number of nitrogens with zero attached hydrogens (tertiary/aromatic N) is 2. The Kier molecular flexibility index (Phi) is 5.82. The van der Waals surface area contributed by atoms with Crippen molar-refractivity contribution >= 4 is 17.5 Å². The molecule has 0 unspecified atom stereocenters. The van der Waals surface area contributed by atoms with Gasteiger partial charge in [-0.15, -0.1) is 0 Å². The standard InChI is InChI=1S/C15H21ClN2O3/c1-3-21-14-13(16)8-12(9-17-14)15(19)18-6-4-11(5-7-18)10-20-2/h8-9,11H,3-7,10H2,1-2H3. The molecule has 1 aromatic heterocycles. The Balaban J connectivity index is 1.99. The number of likely N-dealkylation sites (tertiary alicyclic amines) is 1. The van der Waals surface area contributed by atoms with E-state index in [1.807, 2.05) is 11.8 Å². The highest BCUT2D eigenvalue weighted by Crippen LogP contribution is 2.24. The monoisotopic (exact) mass is 312 g/mol. The number of ether oxygens (including phenoxy) is 2. The van der Waals surface area contributed by atoms with Gasteiger partial charge in [-0.25, -0.2) is 4.98 Å². The van der Waals surface area contributed by atoms with Crippen molar-refractivity contribution in [2.75, 3.05) is 33.4 Å². The number of rotatable bonds is 5. The zero-order valence-corrected chi connectivity index (χ0v) is 13.2. The van der Waals surface area contributed by atoms with E-state index in [0.717, 1.165) is 32.5 Å². The van der Waals surface area contributed by atoms with Gasteiger partial charge in [0.15, 0.2) is 0 Å². The average Bonchev–Trinajstić information content (AvgIpc) is 2.50. The van der Waals surface area contributed by atoms with Crippen LogP contribution in [-0.2, 0) is 4.74 Å². The summed E-state index contributed by atoms with van der Waals surface area (Å²) < 4.78 is 10.4. The van der Waals surface area contributed by atoms with Crippen LogP contribution in [0.4, 0.5) is 0 Å². The number of methoxy groups -OCH3 is 1. The third-order valence-corrected chi connectivity index (χ3v) is 3.91. The van der Waals surface area contributed by atoms with Crippen LogP contribution in [0.1, 0.15) is 30.1 Å². The van der Waals surface area contributed by atoms with Crippen LogP contribution < -0.4 is 4.74 Å². The minimum Gasteiger partial charge on any atom is -0.477 e. The Morgan fingerprint density at radius 1 is 1.48 bits per heavy atom. The highest BCUT2D eigenvalue weighted by molar-refractivity contribution is 6.32. The van der Waals surface area contributed by atoms with Crippen LogP contribution in [0.25, 0.3) is 0 Å². The molecule has 2 rings (SSSR count). The van der Waals surface area contributed by atoms with Crippen molar-refractivity contribution in [1.82, 2.24) is 9.88 Å². The zero-order chi connectivity index (χ0) is 15.2. The van der Waals surface area contributed by atoms with Crippen molar-refractivity contribution in [3.63, 3.8) is 0 Å². The van der Waals surface area contributed by atoms with Gasteiger partial charge in [-0.3, -0.25) is 4.79 Å². The van der Waals surface area contributed by atoms with Gasteiger partial charge in [0.25, 0.3) is 5.91 Å². The van der Waals surface area contributed by atoms with Crippen LogP contribution >= 0.6 is 11.6 Å². The first kappa shape index (κ1) is 16.0. The molecule has 0 atom stereocenters. The summed E-state index contributed by atoms with van der Waals surface area (Å²) in [5.74, 6) is 0.888. The third-order valence-electron chi connectivity index (χ3n) is 3.64. The molecular weight excluding hydrogens is 292 g/mol. The maximum atomic E-state index is 12.4. The number of carbonyl (C=O) groups excluding carboxylic acids is 1. The van der Waals surface area contributed by atoms with E-state index in [0.29, 0.717) is 29.0 Å². The fourth-order valence-corrected chi connectivity index (χ4v) is 2.73. The molecule has 0 aliphatic carbocycles. The van der Waals surface area contributed by atoms with Gasteiger partial charge >= 0.3 is 0 Å². The van der Waals surface area contributed by atoms with Gasteiger partial charge in [0.2, 0.25) is 5.88 Å². The van der Waals surface area contributed by atoms with Gasteiger partial charge in [0.05, 0.1) is 12.2 Å². The van der Waals surface area contributed by atoms with Crippen LogP contribution in [0.15, 0.2) is 12.3 Å². The van der Waals surface area contributed by atoms with Gasteiger partial charge in [-0.2, -0.15) is 0 Å². The molecule has 5 nitrogen and oxygen atoms in total. The van der Waals surface area contributed by atoms with Gasteiger partial charge in [0, 0.05) is 33.0 Å². The number of pyridine rings is 1. The number of halogens is 1. The summed E-state index contributed by atoms with van der Waals surface area (Å²) in [7, 11) is 1.71. The molecule has 0 bridgehead atoms. The highest BCUT2D eigenvalue weighted by Gasteiger charge is 2.24. The molecule has 6 heteroatoms. The van der Waals surface area contributed by atoms with Crippen LogP contribution in [0.2, 0.25) is 5.02 Å². The SMILES string of the molecule is CCOc1ncc(C(=O)N2CCC(COC)CC2)cc1Cl. The molecule has 1 aromatic rings. The van der Waals surface area contributed by atoms with E-state index in [2.05, 4.69) is 4.98 Å². The van der Waals surface area contributed by atoms with E-state index in [-0.39, 0.29) is 5.91 Å². The van der Waals surface area contributed by atoms with Gasteiger partial charge in [-0.05, 0) is 31.7 Å². The molecule has 0 radical (unpaired) electrons. The van der Waals surface area contributed by atoms with E-state index in [1.165, 1.54) is 6.20 Å². The second kappa shape index (κ2) is 7.61. The molecule has 1 aliphatic rings. The summed E-state index contributed by atoms with van der Waals surface area (Å²) in [4.78, 5) is 18.4. The molecule has 0 spiro atoms. The summed E-state index contributed by atoms with van der Waals surface area (Å²) in [6.07, 6.45) is 3.47. The first-order chi connectivity index (χ1) is 10.2. The molecule has 1 aliphatic heterocycles. The predicted molar refractivity (Wildman–Crippen MR) is 80.9 cm³/mol. The third kappa shape index (κ3) is 4.08. The largest absolute Gasteiger partial charge is 0.477 e. The van der Waals surface area contributed by atoms with E-state index in [1.54, 1.807) is 13.2 Å². The summed E-state index contributed by atoms with van der Waals surface area (Å²) in [5.41, 5.74) is 0.508. The van der Waals surface area contributed by atoms with Crippen LogP contribution in [0.3, 0.4) is 0 Å². The van der Waals surface area contributed by atoms with E-state index in [9.17, 15) is 4.79 Å². The summed E-state index contributed by atoms with van der Waals surface area (Å²) in [6.45, 7) is 4.61. The molecule has 2 heterocycles. The van der Waals surface area contributed by atoms with Crippen LogP contribution in [0.5, 0.6) is 5.88 Å². The number of amides is 1. The van der Waals surface area contributed by atoms with Crippen LogP contribution in [-0.4, -0.2) is 49.2 Å². The van der Waals surface area contributed by atoms with Gasteiger partial charge in [0.1, 0.15) is 5.02 Å². The van der Waals surface area contributed by atoms with Crippen molar-refractivity contribution in [2.24, 2.45) is 5.92 Å². The van der Waals surface area contributed by atoms with E-state index < -0.39 is 0 Å². The lowest BCUT2D eigenvalue weighted by molar-refractivity contribution is 0.0613. The first-order valence-corrected chi connectivity index (χ1v) is 7.60. The fraction of sp³-hybridized carbons (Fsp3) is 0.600. The quantitative estimate of drug-likeness (QED) is 0.838. The molecule has 1 amide bonds. The highest BCUT2D eigenvalue weighted by atomic mass is 35.5. The summed E-state index contributed by atoms with van der Waals surface area (Å²) >= 11 is 6.08. The molecule has 0 aromatic carbocycles. The number of aromatic nitrogens is 1. The number of hydrogen-bond donors (Lipinski definition) is 0. The lowest BCUT2D eigenvalue weighted by atomic mass is 9.97. The van der Waals surface area contributed by atoms with Crippen molar-refractivity contribution < 1.29 is 14.3 Å². The average molecular weight is 313 g/mol. The Bertz CT molecular complexity index is 488. The van der Waals surface area contributed by atoms with Crippen molar-refractivity contribution in [1.29, 1.82) is 0 Å². The zero-order valence-electron chi connectivity index (χ0n) is 12.5. The van der Waals surface area contributed by atoms with Crippen molar-refractivity contribution in [3.05, 3.63) is 22.8 Å². The Hall–Kier alpha value is -1.33. The lowest BCUT2D eigenvalue weighted by Crippen LogP contribution is -2.39. The second-order valence-corrected chi connectivity index (χ2v) is 5.54. The lowest BCUT2D eigenvalue weighted by Gasteiger charge is -2.31. The van der Waals surface area contributed by atoms with E-state index in [4.69, 9.17) is 21.1 Å². The van der Waals surface area contributed by atoms with E-state index >= 15 is 0 Å². The minimum atomic E-state index is -0.0247. The minimum absolute atomic E-state index is 0.0247. The summed E-state index contributed by atoms with van der Waals surface area (Å²) in [6, 6.07) is 1.63. The maximum absolute atomic E-state index is 12.4. The first-order valence-electron chi connectivity index (χ1n) is 7.22. The van der Waals surface area contributed by atoms with Crippen molar-refractivity contribution in [3.8, 4) is 5.88 Å². The molecular formula is C15H21ClN2O3. The van der Waals surface area contributed by atoms with Gasteiger partial charge < -0.3 is 14.4 Å². The smallest absolute Gasteiger partial charge is 0.255 e. The predicted octanol–water partition coefficient (Wildman–Crippen LogP) is 2.63. The Morgan fingerprint density at radius 2 is 2.19 bits per heavy atom. The number of hydrogen-bond acceptors (Lipinski definition) is 4. The molecule has 1 fully saturated rings. The van der Waals surface area contributed by atoms with Gasteiger partial charge in [-0.1, -0.05) is 11.6 Å². The molecule has 0 saturated carbocycles. The topological polar surface area (TPSA) is 51.7 Å². The summed E-state index contributed by atoms with van der Waals surface area (Å²) in [5, 5.41) is 0.372. The molecule has 0 N–H and O–H groups in total. The number of piperidine rings is 1. The van der Waals surface area contributed by atoms with Crippen molar-refractivity contribution in [2.45, 2.75) is 19.8 Å². The molecule has 1 saturated heterocycles. The Labute approximate surface area is 130 Å². The van der Waals surface area contributed by atoms with Crippen LogP contribution in [0, 0.1) is 5.92 Å². The second-order valence-electron chi connectivity index (χ2n) is 5.13. The normalized spacial score (nSPS) is 16.0. The number of carbonyl (C=O) groups is 1. The Morgan fingerprint density at radius 3 is 2.76 bits per heavy atom. The molecule has 116 valence electrons. The fourth-order valence-electron chi connectivity index (χ4n) is 2.51.